The monoisotopic (exact) mass is 259 g/mol. The Labute approximate surface area is 112 Å². The zero-order valence-electron chi connectivity index (χ0n) is 11.1. The molecule has 0 unspecified atom stereocenters. The van der Waals surface area contributed by atoms with E-state index in [1.165, 1.54) is 6.33 Å². The van der Waals surface area contributed by atoms with Gasteiger partial charge in [-0.15, -0.1) is 0 Å². The van der Waals surface area contributed by atoms with Crippen molar-refractivity contribution >= 4 is 5.69 Å². The number of hydrogen-bond acceptors (Lipinski definition) is 5. The van der Waals surface area contributed by atoms with E-state index in [1.54, 1.807) is 7.11 Å². The van der Waals surface area contributed by atoms with Gasteiger partial charge >= 0.3 is 0 Å². The summed E-state index contributed by atoms with van der Waals surface area (Å²) in [6.07, 6.45) is 1.52. The summed E-state index contributed by atoms with van der Waals surface area (Å²) in [5, 5.41) is 0. The first kappa shape index (κ1) is 13.3. The summed E-state index contributed by atoms with van der Waals surface area (Å²) >= 11 is 0. The van der Waals surface area contributed by atoms with E-state index in [9.17, 15) is 0 Å². The molecule has 0 saturated carbocycles. The van der Waals surface area contributed by atoms with Gasteiger partial charge in [-0.3, -0.25) is 0 Å². The van der Waals surface area contributed by atoms with Crippen LogP contribution in [0.4, 0.5) is 5.69 Å². The lowest BCUT2D eigenvalue weighted by atomic mass is 10.1. The molecule has 100 valence electrons. The molecule has 0 bridgehead atoms. The van der Waals surface area contributed by atoms with Crippen LogP contribution >= 0.6 is 0 Å². The minimum absolute atomic E-state index is 0.532. The van der Waals surface area contributed by atoms with Crippen molar-refractivity contribution in [1.29, 1.82) is 0 Å². The average Bonchev–Trinajstić information content (AvgIpc) is 2.43. The second kappa shape index (κ2) is 6.15. The standard InChI is InChI=1S/C14H17N3O2/c1-10-13(15)14(17-9-16-10)11-3-5-12(6-4-11)19-8-7-18-2/h3-6,9H,7-8,15H2,1-2H3. The second-order valence-corrected chi connectivity index (χ2v) is 4.09. The zero-order chi connectivity index (χ0) is 13.7. The first-order chi connectivity index (χ1) is 9.22. The Morgan fingerprint density at radius 2 is 1.84 bits per heavy atom. The lowest BCUT2D eigenvalue weighted by Crippen LogP contribution is -2.04. The van der Waals surface area contributed by atoms with E-state index in [0.29, 0.717) is 18.9 Å². The van der Waals surface area contributed by atoms with Gasteiger partial charge in [0, 0.05) is 12.7 Å². The van der Waals surface area contributed by atoms with Gasteiger partial charge in [0.2, 0.25) is 0 Å². The highest BCUT2D eigenvalue weighted by molar-refractivity contribution is 5.73. The van der Waals surface area contributed by atoms with Crippen LogP contribution in [0.5, 0.6) is 5.75 Å². The van der Waals surface area contributed by atoms with Crippen molar-refractivity contribution in [3.63, 3.8) is 0 Å². The number of nitrogens with zero attached hydrogens (tertiary/aromatic N) is 2. The normalized spacial score (nSPS) is 10.4. The summed E-state index contributed by atoms with van der Waals surface area (Å²) in [4.78, 5) is 8.28. The van der Waals surface area contributed by atoms with E-state index in [0.717, 1.165) is 22.7 Å². The second-order valence-electron chi connectivity index (χ2n) is 4.09. The predicted molar refractivity (Wildman–Crippen MR) is 74.0 cm³/mol. The third-order valence-electron chi connectivity index (χ3n) is 2.77. The van der Waals surface area contributed by atoms with Crippen molar-refractivity contribution in [1.82, 2.24) is 9.97 Å². The van der Waals surface area contributed by atoms with Crippen LogP contribution in [0.3, 0.4) is 0 Å². The highest BCUT2D eigenvalue weighted by atomic mass is 16.5. The fourth-order valence-electron chi connectivity index (χ4n) is 1.67. The molecule has 0 aliphatic heterocycles. The topological polar surface area (TPSA) is 70.3 Å². The third kappa shape index (κ3) is 3.20. The van der Waals surface area contributed by atoms with Crippen LogP contribution < -0.4 is 10.5 Å². The van der Waals surface area contributed by atoms with Crippen molar-refractivity contribution in [3.05, 3.63) is 36.3 Å². The van der Waals surface area contributed by atoms with E-state index in [-0.39, 0.29) is 0 Å². The number of nitrogen functional groups attached to an aromatic ring is 1. The van der Waals surface area contributed by atoms with Crippen LogP contribution in [-0.2, 0) is 4.74 Å². The Kier molecular flexibility index (Phi) is 4.30. The molecule has 1 heterocycles. The summed E-state index contributed by atoms with van der Waals surface area (Å²) in [5.74, 6) is 0.796. The average molecular weight is 259 g/mol. The van der Waals surface area contributed by atoms with Gasteiger partial charge in [0.15, 0.2) is 0 Å². The molecule has 0 fully saturated rings. The smallest absolute Gasteiger partial charge is 0.119 e. The van der Waals surface area contributed by atoms with E-state index in [2.05, 4.69) is 9.97 Å². The maximum Gasteiger partial charge on any atom is 0.119 e. The van der Waals surface area contributed by atoms with Gasteiger partial charge in [-0.25, -0.2) is 9.97 Å². The van der Waals surface area contributed by atoms with Gasteiger partial charge in [0.05, 0.1) is 23.7 Å². The predicted octanol–water partition coefficient (Wildman–Crippen LogP) is 2.06. The Morgan fingerprint density at radius 3 is 2.53 bits per heavy atom. The molecule has 1 aromatic heterocycles. The fourth-order valence-corrected chi connectivity index (χ4v) is 1.67. The van der Waals surface area contributed by atoms with Gasteiger partial charge in [-0.05, 0) is 31.2 Å². The summed E-state index contributed by atoms with van der Waals surface area (Å²) in [5.41, 5.74) is 9.06. The van der Waals surface area contributed by atoms with E-state index >= 15 is 0 Å². The van der Waals surface area contributed by atoms with Crippen molar-refractivity contribution in [2.24, 2.45) is 0 Å². The minimum Gasteiger partial charge on any atom is -0.491 e. The maximum atomic E-state index is 5.98. The number of methoxy groups -OCH3 is 1. The number of rotatable bonds is 5. The van der Waals surface area contributed by atoms with E-state index in [1.807, 2.05) is 31.2 Å². The van der Waals surface area contributed by atoms with Gasteiger partial charge in [-0.1, -0.05) is 0 Å². The Morgan fingerprint density at radius 1 is 1.11 bits per heavy atom. The molecule has 0 radical (unpaired) electrons. The lowest BCUT2D eigenvalue weighted by Gasteiger charge is -2.08. The SMILES string of the molecule is COCCOc1ccc(-c2ncnc(C)c2N)cc1. The third-order valence-corrected chi connectivity index (χ3v) is 2.77. The van der Waals surface area contributed by atoms with Gasteiger partial charge < -0.3 is 15.2 Å². The summed E-state index contributed by atoms with van der Waals surface area (Å²) in [7, 11) is 1.65. The molecule has 0 spiro atoms. The largest absolute Gasteiger partial charge is 0.491 e. The number of hydrogen-bond donors (Lipinski definition) is 1. The zero-order valence-corrected chi connectivity index (χ0v) is 11.1. The first-order valence-electron chi connectivity index (χ1n) is 6.01. The Bertz CT molecular complexity index is 541. The summed E-state index contributed by atoms with van der Waals surface area (Å²) in [6.45, 7) is 2.97. The maximum absolute atomic E-state index is 5.98. The highest BCUT2D eigenvalue weighted by Gasteiger charge is 2.07. The molecule has 2 N–H and O–H groups in total. The molecule has 0 aliphatic carbocycles. The molecular formula is C14H17N3O2. The number of aromatic nitrogens is 2. The van der Waals surface area contributed by atoms with Crippen LogP contribution in [0.25, 0.3) is 11.3 Å². The van der Waals surface area contributed by atoms with Crippen LogP contribution in [0.2, 0.25) is 0 Å². The first-order valence-corrected chi connectivity index (χ1v) is 6.01. The van der Waals surface area contributed by atoms with Crippen LogP contribution in [0.1, 0.15) is 5.69 Å². The molecular weight excluding hydrogens is 242 g/mol. The van der Waals surface area contributed by atoms with Crippen LogP contribution in [0.15, 0.2) is 30.6 Å². The molecule has 2 rings (SSSR count). The molecule has 0 saturated heterocycles. The molecule has 0 atom stereocenters. The number of nitrogens with two attached hydrogens (primary N) is 1. The molecule has 19 heavy (non-hydrogen) atoms. The summed E-state index contributed by atoms with van der Waals surface area (Å²) in [6, 6.07) is 7.64. The number of ether oxygens (including phenoxy) is 2. The Hall–Kier alpha value is -2.14. The molecule has 2 aromatic rings. The molecule has 1 aromatic carbocycles. The molecule has 0 aliphatic rings. The quantitative estimate of drug-likeness (QED) is 0.832. The molecule has 5 heteroatoms. The van der Waals surface area contributed by atoms with Crippen molar-refractivity contribution < 1.29 is 9.47 Å². The van der Waals surface area contributed by atoms with Crippen molar-refractivity contribution in [3.8, 4) is 17.0 Å². The number of anilines is 1. The fraction of sp³-hybridized carbons (Fsp3) is 0.286. The van der Waals surface area contributed by atoms with Gasteiger partial charge in [-0.2, -0.15) is 0 Å². The molecule has 0 amide bonds. The van der Waals surface area contributed by atoms with E-state index in [4.69, 9.17) is 15.2 Å². The van der Waals surface area contributed by atoms with Crippen molar-refractivity contribution in [2.75, 3.05) is 26.1 Å². The number of aryl methyl sites for hydroxylation is 1. The van der Waals surface area contributed by atoms with Gasteiger partial charge in [0.1, 0.15) is 18.7 Å². The number of benzene rings is 1. The Balaban J connectivity index is 2.16. The van der Waals surface area contributed by atoms with Crippen molar-refractivity contribution in [2.45, 2.75) is 6.92 Å². The van der Waals surface area contributed by atoms with E-state index < -0.39 is 0 Å². The highest BCUT2D eigenvalue weighted by Crippen LogP contribution is 2.26. The molecule has 5 nitrogen and oxygen atoms in total. The van der Waals surface area contributed by atoms with Crippen LogP contribution in [0, 0.1) is 6.92 Å². The summed E-state index contributed by atoms with van der Waals surface area (Å²) < 4.78 is 10.4. The van der Waals surface area contributed by atoms with Gasteiger partial charge in [0.25, 0.3) is 0 Å². The lowest BCUT2D eigenvalue weighted by molar-refractivity contribution is 0.146. The minimum atomic E-state index is 0.532. The van der Waals surface area contributed by atoms with Crippen LogP contribution in [-0.4, -0.2) is 30.3 Å².